The minimum Gasteiger partial charge on any atom is -0.328 e. The monoisotopic (exact) mass is 323 g/mol. The van der Waals surface area contributed by atoms with Crippen molar-refractivity contribution < 1.29 is 17.6 Å². The van der Waals surface area contributed by atoms with Gasteiger partial charge >= 0.3 is 0 Å². The zero-order valence-corrected chi connectivity index (χ0v) is 12.5. The Morgan fingerprint density at radius 3 is 1.96 bits per heavy atom. The summed E-state index contributed by atoms with van der Waals surface area (Å²) in [5.41, 5.74) is 6.77. The van der Waals surface area contributed by atoms with Crippen LogP contribution in [0.25, 0.3) is 11.1 Å². The molecule has 1 saturated carbocycles. The van der Waals surface area contributed by atoms with Crippen LogP contribution < -0.4 is 5.73 Å². The standard InChI is InChI=1S/C18H17F4N/c19-15-7-11(10-1-4-13(23)5-2-10)3-6-14(15)12-8-16(20)18(22)17(21)9-12/h3,6-10,13H,1-2,4-5,23H2. The summed E-state index contributed by atoms with van der Waals surface area (Å²) in [7, 11) is 0. The highest BCUT2D eigenvalue weighted by molar-refractivity contribution is 5.65. The molecule has 2 aromatic rings. The molecule has 0 unspecified atom stereocenters. The quantitative estimate of drug-likeness (QED) is 0.618. The fourth-order valence-electron chi connectivity index (χ4n) is 3.18. The van der Waals surface area contributed by atoms with Gasteiger partial charge in [-0.3, -0.25) is 0 Å². The zero-order chi connectivity index (χ0) is 16.6. The average Bonchev–Trinajstić information content (AvgIpc) is 2.53. The molecule has 5 heteroatoms. The van der Waals surface area contributed by atoms with Gasteiger partial charge in [0.05, 0.1) is 0 Å². The van der Waals surface area contributed by atoms with Crippen LogP contribution in [0, 0.1) is 23.3 Å². The van der Waals surface area contributed by atoms with Crippen molar-refractivity contribution in [1.82, 2.24) is 0 Å². The number of halogens is 4. The highest BCUT2D eigenvalue weighted by Gasteiger charge is 2.21. The summed E-state index contributed by atoms with van der Waals surface area (Å²) in [6, 6.07) is 6.47. The van der Waals surface area contributed by atoms with Gasteiger partial charge in [0.25, 0.3) is 0 Å². The molecule has 2 N–H and O–H groups in total. The third kappa shape index (κ3) is 3.24. The maximum absolute atomic E-state index is 14.4. The number of rotatable bonds is 2. The third-order valence-electron chi connectivity index (χ3n) is 4.53. The topological polar surface area (TPSA) is 26.0 Å². The van der Waals surface area contributed by atoms with Crippen LogP contribution in [0.1, 0.15) is 37.2 Å². The van der Waals surface area contributed by atoms with Crippen molar-refractivity contribution in [3.63, 3.8) is 0 Å². The minimum absolute atomic E-state index is 0.0175. The summed E-state index contributed by atoms with van der Waals surface area (Å²) >= 11 is 0. The van der Waals surface area contributed by atoms with Gasteiger partial charge in [-0.1, -0.05) is 12.1 Å². The number of benzene rings is 2. The molecular formula is C18H17F4N. The van der Waals surface area contributed by atoms with E-state index in [2.05, 4.69) is 0 Å². The highest BCUT2D eigenvalue weighted by Crippen LogP contribution is 2.35. The van der Waals surface area contributed by atoms with E-state index in [4.69, 9.17) is 5.73 Å². The summed E-state index contributed by atoms with van der Waals surface area (Å²) in [5, 5.41) is 0. The van der Waals surface area contributed by atoms with Gasteiger partial charge in [0.1, 0.15) is 5.82 Å². The normalized spacial score (nSPS) is 21.4. The van der Waals surface area contributed by atoms with Crippen molar-refractivity contribution in [2.45, 2.75) is 37.6 Å². The zero-order valence-electron chi connectivity index (χ0n) is 12.5. The first-order chi connectivity index (χ1) is 11.0. The maximum Gasteiger partial charge on any atom is 0.194 e. The molecule has 1 fully saturated rings. The van der Waals surface area contributed by atoms with Crippen molar-refractivity contribution in [2.75, 3.05) is 0 Å². The number of nitrogens with two attached hydrogens (primary N) is 1. The van der Waals surface area contributed by atoms with Gasteiger partial charge in [0.2, 0.25) is 0 Å². The van der Waals surface area contributed by atoms with Crippen molar-refractivity contribution in [3.8, 4) is 11.1 Å². The average molecular weight is 323 g/mol. The van der Waals surface area contributed by atoms with E-state index in [1.807, 2.05) is 0 Å². The van der Waals surface area contributed by atoms with E-state index < -0.39 is 23.3 Å². The van der Waals surface area contributed by atoms with Gasteiger partial charge in [0.15, 0.2) is 17.5 Å². The molecule has 1 aliphatic carbocycles. The first-order valence-corrected chi connectivity index (χ1v) is 7.65. The van der Waals surface area contributed by atoms with E-state index >= 15 is 0 Å². The van der Waals surface area contributed by atoms with Crippen LogP contribution in [0.4, 0.5) is 17.6 Å². The van der Waals surface area contributed by atoms with E-state index in [-0.39, 0.29) is 23.1 Å². The molecule has 0 spiro atoms. The largest absolute Gasteiger partial charge is 0.328 e. The lowest BCUT2D eigenvalue weighted by Gasteiger charge is -2.26. The van der Waals surface area contributed by atoms with Crippen molar-refractivity contribution in [3.05, 3.63) is 59.2 Å². The molecule has 0 aliphatic heterocycles. The molecule has 3 rings (SSSR count). The van der Waals surface area contributed by atoms with Gasteiger partial charge in [-0.2, -0.15) is 0 Å². The van der Waals surface area contributed by atoms with Crippen LogP contribution in [-0.2, 0) is 0 Å². The minimum atomic E-state index is -1.55. The number of hydrogen-bond acceptors (Lipinski definition) is 1. The molecule has 0 atom stereocenters. The van der Waals surface area contributed by atoms with E-state index in [1.165, 1.54) is 12.1 Å². The molecule has 0 amide bonds. The van der Waals surface area contributed by atoms with E-state index in [0.717, 1.165) is 43.4 Å². The van der Waals surface area contributed by atoms with Crippen LogP contribution in [0.15, 0.2) is 30.3 Å². The molecule has 0 saturated heterocycles. The lowest BCUT2D eigenvalue weighted by Crippen LogP contribution is -2.25. The van der Waals surface area contributed by atoms with Gasteiger partial charge in [-0.05, 0) is 60.9 Å². The van der Waals surface area contributed by atoms with E-state index in [0.29, 0.717) is 0 Å². The van der Waals surface area contributed by atoms with Crippen LogP contribution in [0.3, 0.4) is 0 Å². The van der Waals surface area contributed by atoms with Crippen LogP contribution in [0.5, 0.6) is 0 Å². The second kappa shape index (κ2) is 6.32. The predicted octanol–water partition coefficient (Wildman–Crippen LogP) is 4.89. The van der Waals surface area contributed by atoms with Crippen molar-refractivity contribution in [1.29, 1.82) is 0 Å². The molecule has 1 aliphatic rings. The molecule has 0 aromatic heterocycles. The first kappa shape index (κ1) is 16.0. The van der Waals surface area contributed by atoms with Gasteiger partial charge in [0, 0.05) is 11.6 Å². The maximum atomic E-state index is 14.4. The summed E-state index contributed by atoms with van der Waals surface area (Å²) in [6.45, 7) is 0. The molecule has 0 radical (unpaired) electrons. The number of hydrogen-bond donors (Lipinski definition) is 1. The SMILES string of the molecule is NC1CCC(c2ccc(-c3cc(F)c(F)c(F)c3)c(F)c2)CC1. The second-order valence-corrected chi connectivity index (χ2v) is 6.10. The molecule has 1 nitrogen and oxygen atoms in total. The Bertz CT molecular complexity index is 698. The van der Waals surface area contributed by atoms with E-state index in [1.54, 1.807) is 6.07 Å². The molecular weight excluding hydrogens is 306 g/mol. The molecule has 2 aromatic carbocycles. The van der Waals surface area contributed by atoms with E-state index in [9.17, 15) is 17.6 Å². The fraction of sp³-hybridized carbons (Fsp3) is 0.333. The molecule has 23 heavy (non-hydrogen) atoms. The molecule has 0 bridgehead atoms. The highest BCUT2D eigenvalue weighted by atomic mass is 19.2. The smallest absolute Gasteiger partial charge is 0.194 e. The van der Waals surface area contributed by atoms with Crippen LogP contribution in [0.2, 0.25) is 0 Å². The Morgan fingerprint density at radius 2 is 1.39 bits per heavy atom. The Morgan fingerprint density at radius 1 is 0.783 bits per heavy atom. The lowest BCUT2D eigenvalue weighted by atomic mass is 9.81. The van der Waals surface area contributed by atoms with Gasteiger partial charge < -0.3 is 5.73 Å². The molecule has 122 valence electrons. The predicted molar refractivity (Wildman–Crippen MR) is 80.9 cm³/mol. The van der Waals surface area contributed by atoms with Gasteiger partial charge in [-0.15, -0.1) is 0 Å². The summed E-state index contributed by atoms with van der Waals surface area (Å²) in [6.07, 6.45) is 3.62. The van der Waals surface area contributed by atoms with Crippen molar-refractivity contribution >= 4 is 0 Å². The summed E-state index contributed by atoms with van der Waals surface area (Å²) < 4.78 is 54.0. The lowest BCUT2D eigenvalue weighted by molar-refractivity contribution is 0.395. The van der Waals surface area contributed by atoms with Gasteiger partial charge in [-0.25, -0.2) is 17.6 Å². The van der Waals surface area contributed by atoms with Crippen molar-refractivity contribution in [2.24, 2.45) is 5.73 Å². The fourth-order valence-corrected chi connectivity index (χ4v) is 3.18. The molecule has 0 heterocycles. The van der Waals surface area contributed by atoms with Crippen LogP contribution in [-0.4, -0.2) is 6.04 Å². The Kier molecular flexibility index (Phi) is 4.39. The second-order valence-electron chi connectivity index (χ2n) is 6.10. The Hall–Kier alpha value is -1.88. The first-order valence-electron chi connectivity index (χ1n) is 7.65. The summed E-state index contributed by atoms with van der Waals surface area (Å²) in [4.78, 5) is 0. The Balaban J connectivity index is 1.91. The summed E-state index contributed by atoms with van der Waals surface area (Å²) in [5.74, 6) is -4.53. The van der Waals surface area contributed by atoms with Crippen LogP contribution >= 0.6 is 0 Å². The third-order valence-corrected chi connectivity index (χ3v) is 4.53. The Labute approximate surface area is 132 Å².